The molecular formula is C22H26Cl2N2O2S. The van der Waals surface area contributed by atoms with Crippen LogP contribution in [0.2, 0.25) is 10.0 Å². The van der Waals surface area contributed by atoms with Gasteiger partial charge >= 0.3 is 0 Å². The molecular weight excluding hydrogens is 427 g/mol. The molecule has 2 aromatic carbocycles. The van der Waals surface area contributed by atoms with E-state index in [0.717, 1.165) is 17.7 Å². The summed E-state index contributed by atoms with van der Waals surface area (Å²) in [6.07, 6.45) is 1.88. The molecule has 0 saturated heterocycles. The van der Waals surface area contributed by atoms with Crippen LogP contribution in [-0.2, 0) is 16.1 Å². The first-order chi connectivity index (χ1) is 13.9. The van der Waals surface area contributed by atoms with Crippen molar-refractivity contribution in [3.63, 3.8) is 0 Å². The Morgan fingerprint density at radius 3 is 2.34 bits per heavy atom. The third-order valence-corrected chi connectivity index (χ3v) is 6.20. The van der Waals surface area contributed by atoms with Gasteiger partial charge in [0.25, 0.3) is 0 Å². The third-order valence-electron chi connectivity index (χ3n) is 4.49. The molecule has 4 nitrogen and oxygen atoms in total. The Balaban J connectivity index is 2.17. The van der Waals surface area contributed by atoms with Crippen molar-refractivity contribution in [3.8, 4) is 0 Å². The highest BCUT2D eigenvalue weighted by Crippen LogP contribution is 2.27. The average molecular weight is 453 g/mol. The van der Waals surface area contributed by atoms with E-state index in [9.17, 15) is 9.59 Å². The van der Waals surface area contributed by atoms with E-state index in [1.807, 2.05) is 30.3 Å². The van der Waals surface area contributed by atoms with Crippen LogP contribution in [0.25, 0.3) is 0 Å². The maximum atomic E-state index is 13.1. The van der Waals surface area contributed by atoms with Gasteiger partial charge < -0.3 is 10.2 Å². The molecule has 156 valence electrons. The number of carbonyl (C=O) groups is 2. The normalized spacial score (nSPS) is 11.7. The van der Waals surface area contributed by atoms with Crippen LogP contribution in [-0.4, -0.2) is 35.1 Å². The van der Waals surface area contributed by atoms with Crippen molar-refractivity contribution in [2.24, 2.45) is 0 Å². The first kappa shape index (κ1) is 23.6. The van der Waals surface area contributed by atoms with Crippen molar-refractivity contribution in [1.82, 2.24) is 10.2 Å². The highest BCUT2D eigenvalue weighted by Gasteiger charge is 2.27. The lowest BCUT2D eigenvalue weighted by Crippen LogP contribution is -2.48. The zero-order chi connectivity index (χ0) is 21.2. The van der Waals surface area contributed by atoms with Crippen LogP contribution < -0.4 is 5.32 Å². The smallest absolute Gasteiger partial charge is 0.242 e. The number of unbranched alkanes of at least 4 members (excludes halogenated alkanes) is 1. The first-order valence-electron chi connectivity index (χ1n) is 9.62. The highest BCUT2D eigenvalue weighted by molar-refractivity contribution is 8.00. The molecule has 0 spiro atoms. The second-order valence-corrected chi connectivity index (χ2v) is 8.51. The predicted octanol–water partition coefficient (Wildman–Crippen LogP) is 5.42. The summed E-state index contributed by atoms with van der Waals surface area (Å²) < 4.78 is 0. The number of thioether (sulfide) groups is 1. The van der Waals surface area contributed by atoms with Crippen LogP contribution in [0.5, 0.6) is 0 Å². The van der Waals surface area contributed by atoms with E-state index in [1.165, 1.54) is 11.8 Å². The minimum absolute atomic E-state index is 0.145. The quantitative estimate of drug-likeness (QED) is 0.386. The van der Waals surface area contributed by atoms with Gasteiger partial charge in [-0.25, -0.2) is 0 Å². The van der Waals surface area contributed by atoms with Crippen LogP contribution >= 0.6 is 35.0 Å². The lowest BCUT2D eigenvalue weighted by Gasteiger charge is -2.29. The van der Waals surface area contributed by atoms with E-state index in [1.54, 1.807) is 30.0 Å². The van der Waals surface area contributed by atoms with Crippen LogP contribution in [0.3, 0.4) is 0 Å². The Morgan fingerprint density at radius 2 is 1.72 bits per heavy atom. The van der Waals surface area contributed by atoms with Crippen molar-refractivity contribution < 1.29 is 9.59 Å². The summed E-state index contributed by atoms with van der Waals surface area (Å²) in [5.41, 5.74) is 0.641. The molecule has 2 amide bonds. The fraction of sp³-hybridized carbons (Fsp3) is 0.364. The molecule has 0 bridgehead atoms. The maximum absolute atomic E-state index is 13.1. The minimum Gasteiger partial charge on any atom is -0.354 e. The molecule has 1 N–H and O–H groups in total. The van der Waals surface area contributed by atoms with Crippen molar-refractivity contribution in [2.45, 2.75) is 44.2 Å². The molecule has 0 fully saturated rings. The van der Waals surface area contributed by atoms with Gasteiger partial charge in [0.2, 0.25) is 11.8 Å². The molecule has 0 aliphatic heterocycles. The summed E-state index contributed by atoms with van der Waals surface area (Å²) in [4.78, 5) is 28.2. The second kappa shape index (κ2) is 12.1. The largest absolute Gasteiger partial charge is 0.354 e. The SMILES string of the molecule is CCCCNC(=O)[C@H](C)N(Cc1c(Cl)cccc1Cl)C(=O)CSc1ccccc1. The fourth-order valence-corrected chi connectivity index (χ4v) is 4.04. The predicted molar refractivity (Wildman–Crippen MR) is 122 cm³/mol. The number of rotatable bonds is 10. The Morgan fingerprint density at radius 1 is 1.07 bits per heavy atom. The molecule has 0 aliphatic rings. The van der Waals surface area contributed by atoms with Crippen molar-refractivity contribution in [2.75, 3.05) is 12.3 Å². The molecule has 0 saturated carbocycles. The summed E-state index contributed by atoms with van der Waals surface area (Å²) in [6, 6.07) is 14.3. The lowest BCUT2D eigenvalue weighted by atomic mass is 10.1. The molecule has 2 rings (SSSR count). The van der Waals surface area contributed by atoms with Gasteiger partial charge in [0.05, 0.1) is 5.75 Å². The molecule has 0 radical (unpaired) electrons. The number of hydrogen-bond acceptors (Lipinski definition) is 3. The summed E-state index contributed by atoms with van der Waals surface area (Å²) in [7, 11) is 0. The van der Waals surface area contributed by atoms with Gasteiger partial charge in [-0.1, -0.05) is 60.8 Å². The van der Waals surface area contributed by atoms with Gasteiger partial charge in [-0.2, -0.15) is 0 Å². The summed E-state index contributed by atoms with van der Waals surface area (Å²) in [6.45, 7) is 4.56. The zero-order valence-corrected chi connectivity index (χ0v) is 19.0. The standard InChI is InChI=1S/C22H26Cl2N2O2S/c1-3-4-13-25-22(28)16(2)26(14-18-19(23)11-8-12-20(18)24)21(27)15-29-17-9-6-5-7-10-17/h5-12,16H,3-4,13-15H2,1-2H3,(H,25,28)/t16-/m0/s1. The molecule has 1 atom stereocenters. The summed E-state index contributed by atoms with van der Waals surface area (Å²) in [5.74, 6) is -0.105. The number of nitrogens with zero attached hydrogens (tertiary/aromatic N) is 1. The number of hydrogen-bond donors (Lipinski definition) is 1. The second-order valence-electron chi connectivity index (χ2n) is 6.64. The fourth-order valence-electron chi connectivity index (χ4n) is 2.72. The molecule has 29 heavy (non-hydrogen) atoms. The van der Waals surface area contributed by atoms with Crippen LogP contribution in [0.1, 0.15) is 32.3 Å². The first-order valence-corrected chi connectivity index (χ1v) is 11.4. The number of nitrogens with one attached hydrogen (secondary N) is 1. The third kappa shape index (κ3) is 7.25. The maximum Gasteiger partial charge on any atom is 0.242 e. The number of carbonyl (C=O) groups excluding carboxylic acids is 2. The van der Waals surface area contributed by atoms with Gasteiger partial charge in [0.15, 0.2) is 0 Å². The number of amides is 2. The van der Waals surface area contributed by atoms with E-state index in [-0.39, 0.29) is 24.1 Å². The van der Waals surface area contributed by atoms with E-state index < -0.39 is 6.04 Å². The van der Waals surface area contributed by atoms with Crippen molar-refractivity contribution in [3.05, 3.63) is 64.1 Å². The summed E-state index contributed by atoms with van der Waals surface area (Å²) >= 11 is 14.1. The van der Waals surface area contributed by atoms with Crippen LogP contribution in [0.15, 0.2) is 53.4 Å². The van der Waals surface area contributed by atoms with Crippen molar-refractivity contribution in [1.29, 1.82) is 0 Å². The number of benzene rings is 2. The van der Waals surface area contributed by atoms with E-state index in [2.05, 4.69) is 12.2 Å². The molecule has 0 unspecified atom stereocenters. The molecule has 0 aliphatic carbocycles. The zero-order valence-electron chi connectivity index (χ0n) is 16.7. The molecule has 0 aromatic heterocycles. The minimum atomic E-state index is -0.636. The van der Waals surface area contributed by atoms with E-state index in [0.29, 0.717) is 22.2 Å². The van der Waals surface area contributed by atoms with Gasteiger partial charge in [0.1, 0.15) is 6.04 Å². The van der Waals surface area contributed by atoms with Crippen LogP contribution in [0, 0.1) is 0 Å². The van der Waals surface area contributed by atoms with Crippen LogP contribution in [0.4, 0.5) is 0 Å². The lowest BCUT2D eigenvalue weighted by molar-refractivity contribution is -0.138. The molecule has 2 aromatic rings. The van der Waals surface area contributed by atoms with Gasteiger partial charge in [-0.3, -0.25) is 9.59 Å². The van der Waals surface area contributed by atoms with E-state index in [4.69, 9.17) is 23.2 Å². The van der Waals surface area contributed by atoms with Gasteiger partial charge in [-0.05, 0) is 37.6 Å². The van der Waals surface area contributed by atoms with Crippen molar-refractivity contribution >= 4 is 46.8 Å². The molecule has 7 heteroatoms. The Labute approximate surface area is 187 Å². The monoisotopic (exact) mass is 452 g/mol. The van der Waals surface area contributed by atoms with E-state index >= 15 is 0 Å². The highest BCUT2D eigenvalue weighted by atomic mass is 35.5. The molecule has 0 heterocycles. The Hall–Kier alpha value is -1.69. The summed E-state index contributed by atoms with van der Waals surface area (Å²) in [5, 5.41) is 3.85. The average Bonchev–Trinajstić information content (AvgIpc) is 2.72. The Bertz CT molecular complexity index is 797. The van der Waals surface area contributed by atoms with Gasteiger partial charge in [0, 0.05) is 33.6 Å². The van der Waals surface area contributed by atoms with Gasteiger partial charge in [-0.15, -0.1) is 11.8 Å². The Kier molecular flexibility index (Phi) is 9.85. The topological polar surface area (TPSA) is 49.4 Å². The number of halogens is 2.